The molecule has 0 unspecified atom stereocenters. The highest BCUT2D eigenvalue weighted by atomic mass is 16.5. The molecular weight excluding hydrogens is 460 g/mol. The van der Waals surface area contributed by atoms with Crippen molar-refractivity contribution in [3.05, 3.63) is 58.7 Å². The Morgan fingerprint density at radius 3 is 2.53 bits per heavy atom. The van der Waals surface area contributed by atoms with Gasteiger partial charge in [0, 0.05) is 25.2 Å². The van der Waals surface area contributed by atoms with E-state index in [1.807, 2.05) is 35.2 Å². The van der Waals surface area contributed by atoms with E-state index in [0.717, 1.165) is 23.1 Å². The summed E-state index contributed by atoms with van der Waals surface area (Å²) in [7, 11) is 3.18. The number of esters is 1. The number of fused-ring (bicyclic) bond motifs is 4. The van der Waals surface area contributed by atoms with Gasteiger partial charge in [0.25, 0.3) is 5.91 Å². The van der Waals surface area contributed by atoms with Crippen molar-refractivity contribution in [1.29, 1.82) is 0 Å². The van der Waals surface area contributed by atoms with Crippen LogP contribution < -0.4 is 9.47 Å². The summed E-state index contributed by atoms with van der Waals surface area (Å²) in [5.41, 5.74) is 3.24. The normalized spacial score (nSPS) is 22.8. The fourth-order valence-electron chi connectivity index (χ4n) is 5.95. The van der Waals surface area contributed by atoms with Crippen molar-refractivity contribution in [3.8, 4) is 11.5 Å². The lowest BCUT2D eigenvalue weighted by molar-refractivity contribution is -0.151. The molecule has 2 aromatic carbocycles. The Bertz CT molecular complexity index is 1190. The molecule has 0 aliphatic carbocycles. The van der Waals surface area contributed by atoms with E-state index >= 15 is 0 Å². The molecule has 190 valence electrons. The molecule has 3 atom stereocenters. The lowest BCUT2D eigenvalue weighted by Crippen LogP contribution is -2.52. The van der Waals surface area contributed by atoms with E-state index < -0.39 is 12.0 Å². The van der Waals surface area contributed by atoms with E-state index in [-0.39, 0.29) is 23.7 Å². The monoisotopic (exact) mass is 492 g/mol. The van der Waals surface area contributed by atoms with Crippen LogP contribution in [0.25, 0.3) is 0 Å². The number of ether oxygens (including phenoxy) is 3. The molecule has 0 bridgehead atoms. The van der Waals surface area contributed by atoms with Gasteiger partial charge in [0.2, 0.25) is 5.91 Å². The number of benzene rings is 2. The minimum Gasteiger partial charge on any atom is -0.493 e. The van der Waals surface area contributed by atoms with Crippen LogP contribution in [0, 0.1) is 5.92 Å². The van der Waals surface area contributed by atoms with Crippen molar-refractivity contribution in [2.45, 2.75) is 38.1 Å². The zero-order valence-electron chi connectivity index (χ0n) is 21.0. The molecule has 1 saturated heterocycles. The topological polar surface area (TPSA) is 85.4 Å². The molecule has 0 saturated carbocycles. The highest BCUT2D eigenvalue weighted by Gasteiger charge is 2.48. The number of carbonyl (C=O) groups is 3. The van der Waals surface area contributed by atoms with E-state index in [0.29, 0.717) is 56.1 Å². The summed E-state index contributed by atoms with van der Waals surface area (Å²) >= 11 is 0. The molecule has 8 nitrogen and oxygen atoms in total. The van der Waals surface area contributed by atoms with Crippen molar-refractivity contribution in [2.24, 2.45) is 5.92 Å². The minimum absolute atomic E-state index is 0.0665. The largest absolute Gasteiger partial charge is 0.493 e. The summed E-state index contributed by atoms with van der Waals surface area (Å²) < 4.78 is 16.3. The van der Waals surface area contributed by atoms with Gasteiger partial charge in [-0.05, 0) is 61.1 Å². The molecule has 0 N–H and O–H groups in total. The lowest BCUT2D eigenvalue weighted by atomic mass is 9.75. The second-order valence-electron chi connectivity index (χ2n) is 9.54. The van der Waals surface area contributed by atoms with Gasteiger partial charge in [-0.25, -0.2) is 0 Å². The molecule has 8 heteroatoms. The number of amides is 2. The molecule has 0 spiro atoms. The van der Waals surface area contributed by atoms with Gasteiger partial charge < -0.3 is 24.0 Å². The standard InChI is InChI=1S/C28H32N2O6/c1-4-36-28(33)18-8-7-12-29(16-18)27(32)24-19-9-5-6-10-20(19)26(31)30-13-11-17-14-22(34-2)23(35-3)15-21(17)25(24)30/h5-6,9-10,14-15,18,24-25H,4,7-8,11-13,16H2,1-3H3/t18-,24-,25-/m1/s1. The number of hydrogen-bond donors (Lipinski definition) is 0. The number of piperidine rings is 1. The first kappa shape index (κ1) is 24.2. The Morgan fingerprint density at radius 1 is 1.03 bits per heavy atom. The molecule has 5 rings (SSSR count). The number of carbonyl (C=O) groups excluding carboxylic acids is 3. The van der Waals surface area contributed by atoms with Gasteiger partial charge in [-0.3, -0.25) is 14.4 Å². The van der Waals surface area contributed by atoms with Crippen LogP contribution in [0.4, 0.5) is 0 Å². The molecule has 3 aliphatic heterocycles. The van der Waals surface area contributed by atoms with E-state index in [4.69, 9.17) is 14.2 Å². The molecular formula is C28H32N2O6. The van der Waals surface area contributed by atoms with Crippen LogP contribution in [0.5, 0.6) is 11.5 Å². The molecule has 0 aromatic heterocycles. The fourth-order valence-corrected chi connectivity index (χ4v) is 5.95. The van der Waals surface area contributed by atoms with Gasteiger partial charge in [0.15, 0.2) is 11.5 Å². The van der Waals surface area contributed by atoms with Crippen LogP contribution in [-0.4, -0.2) is 68.0 Å². The van der Waals surface area contributed by atoms with E-state index in [2.05, 4.69) is 0 Å². The number of hydrogen-bond acceptors (Lipinski definition) is 6. The zero-order chi connectivity index (χ0) is 25.4. The van der Waals surface area contributed by atoms with Gasteiger partial charge in [-0.2, -0.15) is 0 Å². The third-order valence-corrected chi connectivity index (χ3v) is 7.64. The summed E-state index contributed by atoms with van der Waals surface area (Å²) in [6, 6.07) is 10.8. The van der Waals surface area contributed by atoms with E-state index in [9.17, 15) is 14.4 Å². The maximum Gasteiger partial charge on any atom is 0.310 e. The van der Waals surface area contributed by atoms with Gasteiger partial charge in [0.1, 0.15) is 0 Å². The molecule has 2 amide bonds. The minimum atomic E-state index is -0.586. The highest BCUT2D eigenvalue weighted by Crippen LogP contribution is 2.49. The smallest absolute Gasteiger partial charge is 0.310 e. The van der Waals surface area contributed by atoms with Crippen molar-refractivity contribution >= 4 is 17.8 Å². The summed E-state index contributed by atoms with van der Waals surface area (Å²) in [5.74, 6) is -0.112. The molecule has 36 heavy (non-hydrogen) atoms. The summed E-state index contributed by atoms with van der Waals surface area (Å²) in [6.45, 7) is 3.52. The van der Waals surface area contributed by atoms with Crippen molar-refractivity contribution in [2.75, 3.05) is 40.5 Å². The second kappa shape index (κ2) is 9.84. The molecule has 3 heterocycles. The average molecular weight is 493 g/mol. The van der Waals surface area contributed by atoms with Gasteiger partial charge in [-0.15, -0.1) is 0 Å². The van der Waals surface area contributed by atoms with E-state index in [1.54, 1.807) is 32.1 Å². The van der Waals surface area contributed by atoms with Crippen LogP contribution in [-0.2, 0) is 20.7 Å². The first-order valence-corrected chi connectivity index (χ1v) is 12.6. The van der Waals surface area contributed by atoms with Crippen LogP contribution in [0.3, 0.4) is 0 Å². The molecule has 1 fully saturated rings. The van der Waals surface area contributed by atoms with Crippen LogP contribution >= 0.6 is 0 Å². The third-order valence-electron chi connectivity index (χ3n) is 7.64. The maximum atomic E-state index is 14.3. The Morgan fingerprint density at radius 2 is 1.78 bits per heavy atom. The Kier molecular flexibility index (Phi) is 6.60. The SMILES string of the molecule is CCOC(=O)[C@@H]1CCCN(C(=O)[C@@H]2c3ccccc3C(=O)N3CCc4cc(OC)c(OC)cc4[C@H]23)C1. The first-order valence-electron chi connectivity index (χ1n) is 12.6. The van der Waals surface area contributed by atoms with Gasteiger partial charge in [-0.1, -0.05) is 18.2 Å². The molecule has 0 radical (unpaired) electrons. The fraction of sp³-hybridized carbons (Fsp3) is 0.464. The summed E-state index contributed by atoms with van der Waals surface area (Å²) in [5, 5.41) is 0. The number of rotatable bonds is 5. The molecule has 3 aliphatic rings. The Balaban J connectivity index is 1.59. The Labute approximate surface area is 211 Å². The summed E-state index contributed by atoms with van der Waals surface area (Å²) in [4.78, 5) is 43.9. The third kappa shape index (κ3) is 3.98. The maximum absolute atomic E-state index is 14.3. The van der Waals surface area contributed by atoms with E-state index in [1.165, 1.54) is 0 Å². The molecule has 2 aromatic rings. The van der Waals surface area contributed by atoms with Gasteiger partial charge in [0.05, 0.1) is 38.7 Å². The second-order valence-corrected chi connectivity index (χ2v) is 9.54. The number of likely N-dealkylation sites (tertiary alicyclic amines) is 1. The Hall–Kier alpha value is -3.55. The van der Waals surface area contributed by atoms with Crippen LogP contribution in [0.1, 0.15) is 58.8 Å². The van der Waals surface area contributed by atoms with Crippen molar-refractivity contribution < 1.29 is 28.6 Å². The van der Waals surface area contributed by atoms with Crippen LogP contribution in [0.15, 0.2) is 36.4 Å². The zero-order valence-corrected chi connectivity index (χ0v) is 21.0. The lowest BCUT2D eigenvalue weighted by Gasteiger charge is -2.47. The van der Waals surface area contributed by atoms with Crippen molar-refractivity contribution in [1.82, 2.24) is 9.80 Å². The predicted octanol–water partition coefficient (Wildman–Crippen LogP) is 3.34. The highest BCUT2D eigenvalue weighted by molar-refractivity contribution is 6.01. The van der Waals surface area contributed by atoms with Crippen LogP contribution in [0.2, 0.25) is 0 Å². The quantitative estimate of drug-likeness (QED) is 0.596. The number of methoxy groups -OCH3 is 2. The van der Waals surface area contributed by atoms with Gasteiger partial charge >= 0.3 is 5.97 Å². The first-order chi connectivity index (χ1) is 17.5. The predicted molar refractivity (Wildman–Crippen MR) is 132 cm³/mol. The average Bonchev–Trinajstić information content (AvgIpc) is 2.92. The number of nitrogens with zero attached hydrogens (tertiary/aromatic N) is 2. The summed E-state index contributed by atoms with van der Waals surface area (Å²) in [6.07, 6.45) is 2.10. The van der Waals surface area contributed by atoms with Crippen molar-refractivity contribution in [3.63, 3.8) is 0 Å².